The number of aryl methyl sites for hydroxylation is 1. The smallest absolute Gasteiger partial charge is 0.0641 e. The van der Waals surface area contributed by atoms with Crippen molar-refractivity contribution in [1.29, 1.82) is 0 Å². The molecule has 2 aliphatic heterocycles. The molecule has 2 aromatic rings. The van der Waals surface area contributed by atoms with E-state index in [0.717, 1.165) is 18.8 Å². The Labute approximate surface area is 175 Å². The predicted octanol–water partition coefficient (Wildman–Crippen LogP) is 3.28. The van der Waals surface area contributed by atoms with E-state index in [1.54, 1.807) is 0 Å². The van der Waals surface area contributed by atoms with Crippen molar-refractivity contribution in [2.45, 2.75) is 52.1 Å². The largest absolute Gasteiger partial charge is 0.394 e. The number of aromatic nitrogens is 2. The second kappa shape index (κ2) is 8.99. The van der Waals surface area contributed by atoms with Gasteiger partial charge in [-0.15, -0.1) is 0 Å². The molecule has 2 fully saturated rings. The van der Waals surface area contributed by atoms with E-state index in [1.807, 2.05) is 4.68 Å². The Morgan fingerprint density at radius 2 is 1.90 bits per heavy atom. The van der Waals surface area contributed by atoms with E-state index in [1.165, 1.54) is 56.6 Å². The van der Waals surface area contributed by atoms with Crippen LogP contribution in [0.4, 0.5) is 0 Å². The molecule has 2 saturated heterocycles. The lowest BCUT2D eigenvalue weighted by Gasteiger charge is -2.50. The molecule has 0 radical (unpaired) electrons. The number of aliphatic hydroxyl groups excluding tert-OH is 1. The van der Waals surface area contributed by atoms with Gasteiger partial charge in [0, 0.05) is 31.4 Å². The summed E-state index contributed by atoms with van der Waals surface area (Å²) in [7, 11) is 0. The second-order valence-corrected chi connectivity index (χ2v) is 9.14. The molecule has 4 rings (SSSR count). The average Bonchev–Trinajstić information content (AvgIpc) is 3.09. The summed E-state index contributed by atoms with van der Waals surface area (Å²) in [6, 6.07) is 11.1. The van der Waals surface area contributed by atoms with Crippen LogP contribution < -0.4 is 0 Å². The average molecular weight is 397 g/mol. The normalized spacial score (nSPS) is 22.9. The molecule has 1 atom stereocenters. The van der Waals surface area contributed by atoms with Gasteiger partial charge in [0.15, 0.2) is 0 Å². The van der Waals surface area contributed by atoms with Gasteiger partial charge in [0.05, 0.1) is 18.8 Å². The highest BCUT2D eigenvalue weighted by molar-refractivity contribution is 5.22. The van der Waals surface area contributed by atoms with Crippen molar-refractivity contribution < 1.29 is 5.11 Å². The Morgan fingerprint density at radius 3 is 2.59 bits per heavy atom. The molecule has 0 amide bonds. The Balaban J connectivity index is 1.40. The predicted molar refractivity (Wildman–Crippen MR) is 117 cm³/mol. The molecule has 2 aliphatic rings. The van der Waals surface area contributed by atoms with Crippen LogP contribution in [0.3, 0.4) is 0 Å². The number of benzene rings is 1. The molecule has 1 aromatic carbocycles. The topological polar surface area (TPSA) is 44.5 Å². The highest BCUT2D eigenvalue weighted by Crippen LogP contribution is 2.45. The lowest BCUT2D eigenvalue weighted by molar-refractivity contribution is 0.0137. The van der Waals surface area contributed by atoms with Crippen molar-refractivity contribution in [3.05, 3.63) is 53.3 Å². The monoisotopic (exact) mass is 396 g/mol. The van der Waals surface area contributed by atoms with Gasteiger partial charge in [0.2, 0.25) is 0 Å². The molecule has 0 saturated carbocycles. The second-order valence-electron chi connectivity index (χ2n) is 9.14. The lowest BCUT2D eigenvalue weighted by atomic mass is 9.68. The van der Waals surface area contributed by atoms with Crippen molar-refractivity contribution in [2.75, 3.05) is 39.3 Å². The molecule has 5 nitrogen and oxygen atoms in total. The zero-order valence-corrected chi connectivity index (χ0v) is 18.1. The molecular formula is C24H36N4O. The van der Waals surface area contributed by atoms with Crippen LogP contribution >= 0.6 is 0 Å². The fraction of sp³-hybridized carbons (Fsp3) is 0.625. The number of aliphatic hydroxyl groups is 1. The third-order valence-electron chi connectivity index (χ3n) is 7.12. The standard InChI is InChI=1S/C24H36N4O/c1-3-26-16-22(21-7-5-4-6-8-21)15-24(19-26)9-11-27(12-10-24)17-23-18-28(13-14-29)25-20(23)2/h4-8,18,22,29H,3,9-17,19H2,1-2H3. The molecular weight excluding hydrogens is 360 g/mol. The molecule has 1 N–H and O–H groups in total. The zero-order valence-electron chi connectivity index (χ0n) is 18.1. The van der Waals surface area contributed by atoms with Gasteiger partial charge in [-0.2, -0.15) is 5.10 Å². The molecule has 1 unspecified atom stereocenters. The minimum atomic E-state index is 0.142. The van der Waals surface area contributed by atoms with E-state index < -0.39 is 0 Å². The van der Waals surface area contributed by atoms with Crippen LogP contribution in [0.2, 0.25) is 0 Å². The number of hydrogen-bond acceptors (Lipinski definition) is 4. The van der Waals surface area contributed by atoms with Crippen molar-refractivity contribution in [3.63, 3.8) is 0 Å². The summed E-state index contributed by atoms with van der Waals surface area (Å²) in [5, 5.41) is 13.7. The molecule has 29 heavy (non-hydrogen) atoms. The fourth-order valence-electron chi connectivity index (χ4n) is 5.41. The SMILES string of the molecule is CCN1CC(c2ccccc2)CC2(CCN(Cc3cn(CCO)nc3C)CC2)C1. The van der Waals surface area contributed by atoms with Crippen LogP contribution in [0.5, 0.6) is 0 Å². The van der Waals surface area contributed by atoms with E-state index in [2.05, 4.69) is 65.3 Å². The van der Waals surface area contributed by atoms with Crippen LogP contribution in [-0.4, -0.2) is 64.0 Å². The summed E-state index contributed by atoms with van der Waals surface area (Å²) >= 11 is 0. The zero-order chi connectivity index (χ0) is 20.3. The number of piperidine rings is 2. The quantitative estimate of drug-likeness (QED) is 0.814. The molecule has 3 heterocycles. The molecule has 5 heteroatoms. The van der Waals surface area contributed by atoms with Crippen LogP contribution in [0.1, 0.15) is 48.9 Å². The first-order valence-electron chi connectivity index (χ1n) is 11.2. The Morgan fingerprint density at radius 1 is 1.14 bits per heavy atom. The Kier molecular flexibility index (Phi) is 6.38. The maximum atomic E-state index is 9.15. The maximum absolute atomic E-state index is 9.15. The molecule has 158 valence electrons. The van der Waals surface area contributed by atoms with Gasteiger partial charge < -0.3 is 10.0 Å². The van der Waals surface area contributed by atoms with Gasteiger partial charge in [0.1, 0.15) is 0 Å². The maximum Gasteiger partial charge on any atom is 0.0641 e. The molecule has 0 aliphatic carbocycles. The van der Waals surface area contributed by atoms with Gasteiger partial charge in [0.25, 0.3) is 0 Å². The van der Waals surface area contributed by atoms with E-state index in [0.29, 0.717) is 17.9 Å². The fourth-order valence-corrected chi connectivity index (χ4v) is 5.41. The van der Waals surface area contributed by atoms with E-state index in [4.69, 9.17) is 5.11 Å². The molecule has 0 bridgehead atoms. The number of likely N-dealkylation sites (tertiary alicyclic amines) is 2. The van der Waals surface area contributed by atoms with Gasteiger partial charge in [-0.25, -0.2) is 0 Å². The van der Waals surface area contributed by atoms with Crippen LogP contribution in [0.25, 0.3) is 0 Å². The summed E-state index contributed by atoms with van der Waals surface area (Å²) in [5.41, 5.74) is 4.37. The van der Waals surface area contributed by atoms with Crippen LogP contribution in [0, 0.1) is 12.3 Å². The van der Waals surface area contributed by atoms with Crippen molar-refractivity contribution >= 4 is 0 Å². The van der Waals surface area contributed by atoms with E-state index >= 15 is 0 Å². The van der Waals surface area contributed by atoms with Gasteiger partial charge in [-0.3, -0.25) is 9.58 Å². The van der Waals surface area contributed by atoms with Crippen LogP contribution in [-0.2, 0) is 13.1 Å². The third kappa shape index (κ3) is 4.73. The van der Waals surface area contributed by atoms with Crippen molar-refractivity contribution in [3.8, 4) is 0 Å². The first kappa shape index (κ1) is 20.6. The molecule has 1 spiro atoms. The Bertz CT molecular complexity index is 779. The summed E-state index contributed by atoms with van der Waals surface area (Å²) < 4.78 is 1.88. The van der Waals surface area contributed by atoms with Crippen molar-refractivity contribution in [1.82, 2.24) is 19.6 Å². The van der Waals surface area contributed by atoms with Crippen LogP contribution in [0.15, 0.2) is 36.5 Å². The number of hydrogen-bond donors (Lipinski definition) is 1. The highest BCUT2D eigenvalue weighted by Gasteiger charge is 2.41. The molecule has 1 aromatic heterocycles. The third-order valence-corrected chi connectivity index (χ3v) is 7.12. The minimum absolute atomic E-state index is 0.142. The summed E-state index contributed by atoms with van der Waals surface area (Å²) in [6.45, 7) is 12.0. The minimum Gasteiger partial charge on any atom is -0.394 e. The first-order valence-corrected chi connectivity index (χ1v) is 11.2. The van der Waals surface area contributed by atoms with Gasteiger partial charge in [-0.1, -0.05) is 37.3 Å². The van der Waals surface area contributed by atoms with E-state index in [9.17, 15) is 0 Å². The highest BCUT2D eigenvalue weighted by atomic mass is 16.3. The number of rotatable bonds is 6. The van der Waals surface area contributed by atoms with E-state index in [-0.39, 0.29) is 6.61 Å². The summed E-state index contributed by atoms with van der Waals surface area (Å²) in [5.74, 6) is 0.662. The number of likely N-dealkylation sites (N-methyl/N-ethyl adjacent to an activating group) is 1. The van der Waals surface area contributed by atoms with Crippen molar-refractivity contribution in [2.24, 2.45) is 5.41 Å². The first-order chi connectivity index (χ1) is 14.1. The number of nitrogens with zero attached hydrogens (tertiary/aromatic N) is 4. The van der Waals surface area contributed by atoms with Gasteiger partial charge in [-0.05, 0) is 62.7 Å². The Hall–Kier alpha value is -1.69. The lowest BCUT2D eigenvalue weighted by Crippen LogP contribution is -2.51. The summed E-state index contributed by atoms with van der Waals surface area (Å²) in [6.07, 6.45) is 6.02. The summed E-state index contributed by atoms with van der Waals surface area (Å²) in [4.78, 5) is 5.28. The van der Waals surface area contributed by atoms with Gasteiger partial charge >= 0.3 is 0 Å².